The highest BCUT2D eigenvalue weighted by Crippen LogP contribution is 2.37. The summed E-state index contributed by atoms with van der Waals surface area (Å²) in [5.41, 5.74) is 6.17. The van der Waals surface area contributed by atoms with Crippen molar-refractivity contribution in [1.29, 1.82) is 0 Å². The number of aliphatic imine (C=N–C) groups is 1. The van der Waals surface area contributed by atoms with E-state index in [1.807, 2.05) is 43.5 Å². The Morgan fingerprint density at radius 2 is 1.81 bits per heavy atom. The molecular formula is C27H26N2O3. The SMILES string of the molecule is Cc1cc(C)cc(-n2c(O)c(C(=NCC(=O)C3CC3)c3ccco3)c3ccc(C)cc32)c1. The third-order valence-corrected chi connectivity index (χ3v) is 5.98. The van der Waals surface area contributed by atoms with Crippen molar-refractivity contribution in [2.75, 3.05) is 6.54 Å². The topological polar surface area (TPSA) is 67.7 Å². The van der Waals surface area contributed by atoms with E-state index in [1.54, 1.807) is 12.3 Å². The number of ketones is 1. The van der Waals surface area contributed by atoms with Gasteiger partial charge in [0.2, 0.25) is 5.88 Å². The number of hydrogen-bond acceptors (Lipinski definition) is 4. The van der Waals surface area contributed by atoms with Gasteiger partial charge in [-0.1, -0.05) is 18.2 Å². The molecule has 0 spiro atoms. The second kappa shape index (κ2) is 7.83. The van der Waals surface area contributed by atoms with Gasteiger partial charge in [0.05, 0.1) is 23.9 Å². The van der Waals surface area contributed by atoms with Gasteiger partial charge in [-0.15, -0.1) is 0 Å². The molecule has 1 N–H and O–H groups in total. The first kappa shape index (κ1) is 20.3. The Morgan fingerprint density at radius 1 is 1.06 bits per heavy atom. The van der Waals surface area contributed by atoms with E-state index in [0.29, 0.717) is 17.0 Å². The second-order valence-corrected chi connectivity index (χ2v) is 8.78. The second-order valence-electron chi connectivity index (χ2n) is 8.78. The highest BCUT2D eigenvalue weighted by molar-refractivity contribution is 6.20. The average molecular weight is 427 g/mol. The number of nitrogens with zero attached hydrogens (tertiary/aromatic N) is 2. The van der Waals surface area contributed by atoms with E-state index in [0.717, 1.165) is 46.1 Å². The maximum atomic E-state index is 12.4. The fraction of sp³-hybridized carbons (Fsp3) is 0.259. The number of aromatic hydroxyl groups is 1. The van der Waals surface area contributed by atoms with Gasteiger partial charge in [-0.25, -0.2) is 0 Å². The molecule has 0 aliphatic heterocycles. The van der Waals surface area contributed by atoms with Gasteiger partial charge < -0.3 is 9.52 Å². The van der Waals surface area contributed by atoms with E-state index in [-0.39, 0.29) is 24.1 Å². The molecule has 2 aromatic heterocycles. The van der Waals surface area contributed by atoms with Crippen LogP contribution in [0.25, 0.3) is 16.6 Å². The number of carbonyl (C=O) groups is 1. The summed E-state index contributed by atoms with van der Waals surface area (Å²) >= 11 is 0. The number of aromatic nitrogens is 1. The molecule has 0 saturated heterocycles. The number of Topliss-reactive ketones (excluding diaryl/α,β-unsaturated/α-hetero) is 1. The molecule has 2 aromatic carbocycles. The molecule has 5 nitrogen and oxygen atoms in total. The van der Waals surface area contributed by atoms with Crippen LogP contribution in [-0.4, -0.2) is 27.7 Å². The quantitative estimate of drug-likeness (QED) is 0.404. The fourth-order valence-electron chi connectivity index (χ4n) is 4.34. The molecule has 2 heterocycles. The Balaban J connectivity index is 1.76. The lowest BCUT2D eigenvalue weighted by atomic mass is 10.0. The summed E-state index contributed by atoms with van der Waals surface area (Å²) in [7, 11) is 0. The van der Waals surface area contributed by atoms with E-state index < -0.39 is 0 Å². The lowest BCUT2D eigenvalue weighted by molar-refractivity contribution is -0.118. The van der Waals surface area contributed by atoms with Gasteiger partial charge in [-0.3, -0.25) is 14.4 Å². The molecule has 1 aliphatic rings. The minimum Gasteiger partial charge on any atom is -0.494 e. The molecule has 4 aromatic rings. The predicted octanol–water partition coefficient (Wildman–Crippen LogP) is 5.67. The van der Waals surface area contributed by atoms with E-state index in [4.69, 9.17) is 4.42 Å². The Kier molecular flexibility index (Phi) is 4.97. The Morgan fingerprint density at radius 3 is 2.47 bits per heavy atom. The third-order valence-electron chi connectivity index (χ3n) is 5.98. The highest BCUT2D eigenvalue weighted by atomic mass is 16.3. The van der Waals surface area contributed by atoms with Gasteiger partial charge in [0, 0.05) is 17.0 Å². The standard InChI is InChI=1S/C27H26N2O3/c1-16-6-9-21-22(14-16)29(20-12-17(2)11-18(3)13-20)27(31)25(21)26(24-5-4-10-32-24)28-15-23(30)19-7-8-19/h4-6,9-14,19,31H,7-8,15H2,1-3H3. The van der Waals surface area contributed by atoms with Crippen LogP contribution in [0, 0.1) is 26.7 Å². The zero-order valence-corrected chi connectivity index (χ0v) is 18.6. The highest BCUT2D eigenvalue weighted by Gasteiger charge is 2.30. The van der Waals surface area contributed by atoms with Crippen molar-refractivity contribution in [3.8, 4) is 11.6 Å². The van der Waals surface area contributed by atoms with E-state index in [9.17, 15) is 9.90 Å². The molecular weight excluding hydrogens is 400 g/mol. The maximum absolute atomic E-state index is 12.4. The van der Waals surface area contributed by atoms with Crippen molar-refractivity contribution >= 4 is 22.4 Å². The van der Waals surface area contributed by atoms with Crippen LogP contribution in [-0.2, 0) is 4.79 Å². The largest absolute Gasteiger partial charge is 0.494 e. The number of carbonyl (C=O) groups excluding carboxylic acids is 1. The molecule has 1 saturated carbocycles. The van der Waals surface area contributed by atoms with Crippen molar-refractivity contribution in [1.82, 2.24) is 4.57 Å². The van der Waals surface area contributed by atoms with Crippen molar-refractivity contribution in [3.63, 3.8) is 0 Å². The minimum atomic E-state index is 0.0855. The van der Waals surface area contributed by atoms with Gasteiger partial charge >= 0.3 is 0 Å². The zero-order chi connectivity index (χ0) is 22.4. The molecule has 0 bridgehead atoms. The van der Waals surface area contributed by atoms with Crippen LogP contribution in [0.15, 0.2) is 64.2 Å². The summed E-state index contributed by atoms with van der Waals surface area (Å²) in [6, 6.07) is 15.9. The lowest BCUT2D eigenvalue weighted by Crippen LogP contribution is -2.10. The molecule has 0 unspecified atom stereocenters. The van der Waals surface area contributed by atoms with E-state index in [1.165, 1.54) is 0 Å². The van der Waals surface area contributed by atoms with Gasteiger partial charge in [0.25, 0.3) is 0 Å². The molecule has 1 aliphatic carbocycles. The Labute approximate surface area is 187 Å². The summed E-state index contributed by atoms with van der Waals surface area (Å²) in [5, 5.41) is 12.4. The van der Waals surface area contributed by atoms with Crippen molar-refractivity contribution in [3.05, 3.63) is 82.8 Å². The fourth-order valence-corrected chi connectivity index (χ4v) is 4.34. The maximum Gasteiger partial charge on any atom is 0.206 e. The van der Waals surface area contributed by atoms with Crippen LogP contribution in [0.2, 0.25) is 0 Å². The molecule has 0 atom stereocenters. The summed E-state index contributed by atoms with van der Waals surface area (Å²) in [5.74, 6) is 0.889. The number of benzene rings is 2. The molecule has 0 radical (unpaired) electrons. The average Bonchev–Trinajstić information content (AvgIpc) is 3.38. The summed E-state index contributed by atoms with van der Waals surface area (Å²) < 4.78 is 7.54. The van der Waals surface area contributed by atoms with Crippen molar-refractivity contribution in [2.24, 2.45) is 10.9 Å². The molecule has 32 heavy (non-hydrogen) atoms. The van der Waals surface area contributed by atoms with Crippen LogP contribution >= 0.6 is 0 Å². The first-order valence-corrected chi connectivity index (χ1v) is 11.0. The summed E-state index contributed by atoms with van der Waals surface area (Å²) in [6.07, 6.45) is 3.47. The number of rotatable bonds is 6. The summed E-state index contributed by atoms with van der Waals surface area (Å²) in [4.78, 5) is 17.1. The first-order chi connectivity index (χ1) is 15.4. The Hall–Kier alpha value is -3.60. The first-order valence-electron chi connectivity index (χ1n) is 11.0. The number of hydrogen-bond donors (Lipinski definition) is 1. The van der Waals surface area contributed by atoms with Crippen LogP contribution < -0.4 is 0 Å². The van der Waals surface area contributed by atoms with Gasteiger partial charge in [0.15, 0.2) is 11.5 Å². The molecule has 162 valence electrons. The van der Waals surface area contributed by atoms with E-state index in [2.05, 4.69) is 29.3 Å². The molecule has 0 amide bonds. The number of aryl methyl sites for hydroxylation is 3. The third kappa shape index (κ3) is 3.64. The number of fused-ring (bicyclic) bond motifs is 1. The van der Waals surface area contributed by atoms with Crippen molar-refractivity contribution < 1.29 is 14.3 Å². The Bertz CT molecular complexity index is 1340. The molecule has 5 rings (SSSR count). The minimum absolute atomic E-state index is 0.0855. The van der Waals surface area contributed by atoms with Gasteiger partial charge in [0.1, 0.15) is 5.71 Å². The van der Waals surface area contributed by atoms with Crippen LogP contribution in [0.5, 0.6) is 5.88 Å². The van der Waals surface area contributed by atoms with E-state index >= 15 is 0 Å². The van der Waals surface area contributed by atoms with Gasteiger partial charge in [-0.2, -0.15) is 0 Å². The number of furan rings is 1. The smallest absolute Gasteiger partial charge is 0.206 e. The monoisotopic (exact) mass is 426 g/mol. The van der Waals surface area contributed by atoms with Crippen molar-refractivity contribution in [2.45, 2.75) is 33.6 Å². The van der Waals surface area contributed by atoms with Crippen LogP contribution in [0.4, 0.5) is 0 Å². The van der Waals surface area contributed by atoms with Gasteiger partial charge in [-0.05, 0) is 80.6 Å². The zero-order valence-electron chi connectivity index (χ0n) is 18.6. The van der Waals surface area contributed by atoms with Crippen LogP contribution in [0.3, 0.4) is 0 Å². The normalized spacial score (nSPS) is 14.3. The van der Waals surface area contributed by atoms with Crippen LogP contribution in [0.1, 0.15) is 40.9 Å². The molecule has 1 fully saturated rings. The molecule has 5 heteroatoms. The lowest BCUT2D eigenvalue weighted by Gasteiger charge is -2.10. The predicted molar refractivity (Wildman–Crippen MR) is 126 cm³/mol. The summed E-state index contributed by atoms with van der Waals surface area (Å²) in [6.45, 7) is 6.21.